The van der Waals surface area contributed by atoms with Gasteiger partial charge >= 0.3 is 24.7 Å². The minimum Gasteiger partial charge on any atom is -0.518 e. The Morgan fingerprint density at radius 3 is 1.06 bits per heavy atom. The number of hydrogen-bond acceptors (Lipinski definition) is 4. The predicted octanol–water partition coefficient (Wildman–Crippen LogP) is 8.48. The average Bonchev–Trinajstić information content (AvgIpc) is 3.75. The summed E-state index contributed by atoms with van der Waals surface area (Å²) in [7, 11) is 0. The first kappa shape index (κ1) is 37.8. The summed E-state index contributed by atoms with van der Waals surface area (Å²) in [6.07, 6.45) is -25.7. The lowest BCUT2D eigenvalue weighted by Gasteiger charge is -2.41. The van der Waals surface area contributed by atoms with Gasteiger partial charge in [-0.3, -0.25) is 9.98 Å². The van der Waals surface area contributed by atoms with E-state index in [1.54, 1.807) is 60.7 Å². The van der Waals surface area contributed by atoms with Crippen LogP contribution in [-0.4, -0.2) is 43.0 Å². The van der Waals surface area contributed by atoms with E-state index in [-0.39, 0.29) is 62.5 Å². The molecule has 4 nitrogen and oxygen atoms in total. The van der Waals surface area contributed by atoms with Gasteiger partial charge in [-0.2, -0.15) is 63.6 Å². The quantitative estimate of drug-likeness (QED) is 0.134. The first-order valence-electron chi connectivity index (χ1n) is 16.0. The normalized spacial score (nSPS) is 18.3. The van der Waals surface area contributed by atoms with Gasteiger partial charge < -0.3 is 9.47 Å². The van der Waals surface area contributed by atoms with Crippen LogP contribution in [0.2, 0.25) is 0 Å². The molecule has 2 heterocycles. The zero-order valence-corrected chi connectivity index (χ0v) is 27.0. The molecule has 0 radical (unpaired) electrons. The van der Waals surface area contributed by atoms with Crippen LogP contribution in [0.4, 0.5) is 52.7 Å². The Morgan fingerprint density at radius 1 is 0.472 bits per heavy atom. The number of benzene rings is 4. The molecule has 0 fully saturated rings. The van der Waals surface area contributed by atoms with Gasteiger partial charge in [-0.15, -0.1) is 0 Å². The Hall–Kier alpha value is -4.96. The molecule has 53 heavy (non-hydrogen) atoms. The van der Waals surface area contributed by atoms with Crippen molar-refractivity contribution in [1.82, 2.24) is 0 Å². The lowest BCUT2D eigenvalue weighted by atomic mass is 9.17. The number of nitrogens with zero attached hydrogens (tertiary/aromatic N) is 2. The van der Waals surface area contributed by atoms with E-state index in [1.807, 2.05) is 0 Å². The second-order valence-corrected chi connectivity index (χ2v) is 12.8. The van der Waals surface area contributed by atoms with Crippen molar-refractivity contribution < 1.29 is 62.2 Å². The van der Waals surface area contributed by atoms with Crippen LogP contribution in [0.5, 0.6) is 0 Å². The zero-order valence-electron chi connectivity index (χ0n) is 27.0. The number of halogens is 12. The molecule has 0 spiro atoms. The van der Waals surface area contributed by atoms with Gasteiger partial charge in [0.1, 0.15) is 13.2 Å². The third-order valence-corrected chi connectivity index (χ3v) is 9.06. The zero-order chi connectivity index (χ0) is 38.4. The Bertz CT molecular complexity index is 1800. The number of hydrogen-bond donors (Lipinski definition) is 0. The van der Waals surface area contributed by atoms with Crippen molar-refractivity contribution in [2.45, 2.75) is 49.6 Å². The summed E-state index contributed by atoms with van der Waals surface area (Å²) in [5, 5.41) is 0. The van der Waals surface area contributed by atoms with Crippen LogP contribution in [0.1, 0.15) is 33.4 Å². The van der Waals surface area contributed by atoms with Gasteiger partial charge in [0.05, 0.1) is 34.3 Å². The monoisotopic (exact) mass is 757 g/mol. The summed E-state index contributed by atoms with van der Waals surface area (Å²) in [6.45, 7) is -0.741. The van der Waals surface area contributed by atoms with Crippen LogP contribution in [0.15, 0.2) is 107 Å². The van der Waals surface area contributed by atoms with Gasteiger partial charge in [0.2, 0.25) is 6.15 Å². The molecule has 0 N–H and O–H groups in total. The fraction of sp³-hybridized carbons (Fsp3) is 0.278. The van der Waals surface area contributed by atoms with Crippen LogP contribution in [0.25, 0.3) is 0 Å². The average molecular weight is 757 g/mol. The fourth-order valence-corrected chi connectivity index (χ4v) is 6.65. The molecular formula is C36H26BF12N2O2-. The molecule has 6 rings (SSSR count). The smallest absolute Gasteiger partial charge is 0.416 e. The van der Waals surface area contributed by atoms with Gasteiger partial charge in [0.25, 0.3) is 0 Å². The highest BCUT2D eigenvalue weighted by atomic mass is 19.4. The van der Waals surface area contributed by atoms with E-state index in [2.05, 4.69) is 9.98 Å². The molecule has 0 saturated heterocycles. The van der Waals surface area contributed by atoms with E-state index in [0.717, 1.165) is 0 Å². The third-order valence-electron chi connectivity index (χ3n) is 9.06. The maximum atomic E-state index is 14.3. The second kappa shape index (κ2) is 13.8. The minimum absolute atomic E-state index is 0.0905. The Kier molecular flexibility index (Phi) is 9.83. The highest BCUT2D eigenvalue weighted by molar-refractivity contribution is 7.38. The number of rotatable bonds is 8. The molecule has 4 aromatic rings. The summed E-state index contributed by atoms with van der Waals surface area (Å²) in [6, 6.07) is 15.6. The molecule has 0 aromatic heterocycles. The lowest BCUT2D eigenvalue weighted by Crippen LogP contribution is -2.71. The van der Waals surface area contributed by atoms with E-state index in [4.69, 9.17) is 9.47 Å². The minimum atomic E-state index is -5.45. The standard InChI is InChI=1S/C36H26BF12N2O2/c38-33(39,40)23-13-24(34(41,42)43)16-27(15-23)37(31-50-29(19-52-31)11-21-7-3-1-4-8-21,32-51-30(20-53-32)12-22-9-5-2-6-10-22)28-17-25(35(44,45)46)14-26(18-28)36(47,48)49/h1-10,13-18,29-30H,11-12,19-20H2/q-1/t29-,30-/m0/s1. The largest absolute Gasteiger partial charge is 0.518 e. The van der Waals surface area contributed by atoms with E-state index >= 15 is 0 Å². The van der Waals surface area contributed by atoms with Gasteiger partial charge in [-0.25, -0.2) is 0 Å². The Balaban J connectivity index is 1.71. The molecule has 17 heteroatoms. The van der Waals surface area contributed by atoms with Gasteiger partial charge in [0, 0.05) is 11.6 Å². The second-order valence-electron chi connectivity index (χ2n) is 12.8. The first-order valence-corrected chi connectivity index (χ1v) is 16.0. The first-order chi connectivity index (χ1) is 24.7. The molecular weight excluding hydrogens is 731 g/mol. The van der Waals surface area contributed by atoms with Crippen molar-refractivity contribution in [2.75, 3.05) is 13.2 Å². The molecule has 0 unspecified atom stereocenters. The van der Waals surface area contributed by atoms with Crippen molar-refractivity contribution in [3.05, 3.63) is 130 Å². The molecule has 2 aliphatic rings. The Labute approximate surface area is 294 Å². The summed E-state index contributed by atoms with van der Waals surface area (Å²) in [5.74, 6) is -1.46. The molecule has 4 aromatic carbocycles. The van der Waals surface area contributed by atoms with Crippen LogP contribution < -0.4 is 10.9 Å². The van der Waals surface area contributed by atoms with Crippen molar-refractivity contribution in [3.8, 4) is 0 Å². The highest BCUT2D eigenvalue weighted by Gasteiger charge is 2.50. The predicted molar refractivity (Wildman–Crippen MR) is 173 cm³/mol. The fourth-order valence-electron chi connectivity index (χ4n) is 6.65. The summed E-state index contributed by atoms with van der Waals surface area (Å²) in [5.41, 5.74) is -8.22. The summed E-state index contributed by atoms with van der Waals surface area (Å²) >= 11 is 0. The number of aliphatic imine (C=N–C) groups is 2. The Morgan fingerprint density at radius 2 is 0.774 bits per heavy atom. The van der Waals surface area contributed by atoms with Gasteiger partial charge in [-0.1, -0.05) is 84.9 Å². The van der Waals surface area contributed by atoms with Crippen LogP contribution in [0, 0.1) is 0 Å². The highest BCUT2D eigenvalue weighted by Crippen LogP contribution is 2.39. The maximum absolute atomic E-state index is 14.3. The van der Waals surface area contributed by atoms with E-state index in [0.29, 0.717) is 11.1 Å². The van der Waals surface area contributed by atoms with E-state index < -0.39 is 87.7 Å². The molecule has 0 bridgehead atoms. The number of ether oxygens (including phenoxy) is 2. The van der Waals surface area contributed by atoms with Crippen LogP contribution in [0.3, 0.4) is 0 Å². The van der Waals surface area contributed by atoms with E-state index in [9.17, 15) is 52.7 Å². The third kappa shape index (κ3) is 8.03. The SMILES string of the molecule is FC(F)(F)c1cc([B-](C2=N[C@@H](Cc3ccccc3)CO2)(C2=N[C@@H](Cc3ccccc3)CO2)c2cc(C(F)(F)F)cc(C(F)(F)F)c2)cc(C(F)(F)F)c1. The van der Waals surface area contributed by atoms with Crippen LogP contribution >= 0.6 is 0 Å². The van der Waals surface area contributed by atoms with Crippen LogP contribution in [-0.2, 0) is 47.0 Å². The van der Waals surface area contributed by atoms with Gasteiger partial charge in [-0.05, 0) is 36.1 Å². The van der Waals surface area contributed by atoms with E-state index in [1.165, 1.54) is 0 Å². The topological polar surface area (TPSA) is 43.2 Å². The summed E-state index contributed by atoms with van der Waals surface area (Å²) in [4.78, 5) is 8.93. The molecule has 280 valence electrons. The van der Waals surface area contributed by atoms with Gasteiger partial charge in [0.15, 0.2) is 0 Å². The molecule has 2 atom stereocenters. The van der Waals surface area contributed by atoms with Crippen molar-refractivity contribution >= 4 is 28.7 Å². The molecule has 0 aliphatic carbocycles. The lowest BCUT2D eigenvalue weighted by molar-refractivity contribution is -0.144. The van der Waals surface area contributed by atoms with Crippen molar-refractivity contribution in [1.29, 1.82) is 0 Å². The maximum Gasteiger partial charge on any atom is 0.416 e. The van der Waals surface area contributed by atoms with Crippen molar-refractivity contribution in [3.63, 3.8) is 0 Å². The number of alkyl halides is 12. The molecule has 2 aliphatic heterocycles. The summed E-state index contributed by atoms with van der Waals surface area (Å²) < 4.78 is 184. The molecule has 0 saturated carbocycles. The molecule has 0 amide bonds. The van der Waals surface area contributed by atoms with Crippen molar-refractivity contribution in [2.24, 2.45) is 9.98 Å².